The summed E-state index contributed by atoms with van der Waals surface area (Å²) in [5.41, 5.74) is 0.496. The summed E-state index contributed by atoms with van der Waals surface area (Å²) < 4.78 is 0. The second-order valence-corrected chi connectivity index (χ2v) is 5.08. The van der Waals surface area contributed by atoms with Gasteiger partial charge in [-0.25, -0.2) is 4.79 Å². The number of aryl methyl sites for hydroxylation is 1. The average molecular weight is 234 g/mol. The van der Waals surface area contributed by atoms with Gasteiger partial charge >= 0.3 is 5.97 Å². The summed E-state index contributed by atoms with van der Waals surface area (Å²) in [6.45, 7) is 3.52. The number of carboxylic acids is 1. The molecule has 2 atom stereocenters. The van der Waals surface area contributed by atoms with Gasteiger partial charge in [0, 0.05) is 5.92 Å². The van der Waals surface area contributed by atoms with Crippen molar-refractivity contribution in [1.82, 2.24) is 0 Å². The van der Waals surface area contributed by atoms with E-state index in [-0.39, 0.29) is 11.8 Å². The molecular weight excluding hydrogens is 216 g/mol. The Morgan fingerprint density at radius 2 is 2.06 bits per heavy atom. The maximum absolute atomic E-state index is 11.4. The Balaban J connectivity index is 2.45. The van der Waals surface area contributed by atoms with E-state index in [0.717, 1.165) is 17.5 Å². The van der Waals surface area contributed by atoms with Gasteiger partial charge in [0.2, 0.25) is 0 Å². The van der Waals surface area contributed by atoms with Crippen molar-refractivity contribution in [3.8, 4) is 0 Å². The lowest BCUT2D eigenvalue weighted by Crippen LogP contribution is -2.48. The number of carboxylic acid groups (broad SMARTS) is 1. The highest BCUT2D eigenvalue weighted by Gasteiger charge is 2.49. The van der Waals surface area contributed by atoms with Crippen molar-refractivity contribution in [2.45, 2.75) is 38.2 Å². The Hall–Kier alpha value is -1.35. The first kappa shape index (κ1) is 12.1. The first-order valence-corrected chi connectivity index (χ1v) is 6.01. The number of carbonyl (C=O) groups is 1. The molecule has 1 aliphatic carbocycles. The van der Waals surface area contributed by atoms with Crippen molar-refractivity contribution in [3.05, 3.63) is 35.4 Å². The van der Waals surface area contributed by atoms with E-state index < -0.39 is 11.6 Å². The first-order chi connectivity index (χ1) is 7.98. The molecule has 1 aromatic rings. The number of aliphatic hydroxyl groups is 1. The van der Waals surface area contributed by atoms with E-state index in [1.807, 2.05) is 24.3 Å². The molecule has 17 heavy (non-hydrogen) atoms. The van der Waals surface area contributed by atoms with E-state index in [0.29, 0.717) is 6.42 Å². The lowest BCUT2D eigenvalue weighted by atomic mass is 9.75. The number of hydrogen-bond acceptors (Lipinski definition) is 2. The minimum Gasteiger partial charge on any atom is -0.479 e. The highest BCUT2D eigenvalue weighted by molar-refractivity contribution is 5.79. The molecule has 0 fully saturated rings. The first-order valence-electron chi connectivity index (χ1n) is 6.01. The van der Waals surface area contributed by atoms with Crippen molar-refractivity contribution in [1.29, 1.82) is 0 Å². The summed E-state index contributed by atoms with van der Waals surface area (Å²) in [4.78, 5) is 11.4. The highest BCUT2D eigenvalue weighted by atomic mass is 16.4. The molecule has 0 aromatic heterocycles. The highest BCUT2D eigenvalue weighted by Crippen LogP contribution is 2.43. The van der Waals surface area contributed by atoms with Gasteiger partial charge in [-0.1, -0.05) is 38.1 Å². The van der Waals surface area contributed by atoms with Gasteiger partial charge in [0.1, 0.15) is 0 Å². The molecule has 0 spiro atoms. The van der Waals surface area contributed by atoms with Crippen LogP contribution in [0.4, 0.5) is 0 Å². The predicted molar refractivity (Wildman–Crippen MR) is 64.9 cm³/mol. The maximum atomic E-state index is 11.4. The quantitative estimate of drug-likeness (QED) is 0.842. The van der Waals surface area contributed by atoms with E-state index in [4.69, 9.17) is 0 Å². The zero-order valence-electron chi connectivity index (χ0n) is 10.2. The molecule has 2 rings (SSSR count). The smallest absolute Gasteiger partial charge is 0.336 e. The normalized spacial score (nSPS) is 22.2. The second-order valence-electron chi connectivity index (χ2n) is 5.08. The van der Waals surface area contributed by atoms with E-state index in [1.165, 1.54) is 0 Å². The largest absolute Gasteiger partial charge is 0.479 e. The molecule has 0 radical (unpaired) electrons. The van der Waals surface area contributed by atoms with Crippen LogP contribution in [0.2, 0.25) is 0 Å². The van der Waals surface area contributed by atoms with Crippen molar-refractivity contribution < 1.29 is 15.0 Å². The van der Waals surface area contributed by atoms with Gasteiger partial charge in [-0.15, -0.1) is 0 Å². The van der Waals surface area contributed by atoms with E-state index >= 15 is 0 Å². The van der Waals surface area contributed by atoms with Gasteiger partial charge in [0.25, 0.3) is 0 Å². The van der Waals surface area contributed by atoms with Crippen LogP contribution in [-0.4, -0.2) is 21.8 Å². The number of hydrogen-bond donors (Lipinski definition) is 2. The zero-order valence-corrected chi connectivity index (χ0v) is 10.2. The molecule has 92 valence electrons. The monoisotopic (exact) mass is 234 g/mol. The molecule has 3 heteroatoms. The molecule has 2 N–H and O–H groups in total. The van der Waals surface area contributed by atoms with Crippen molar-refractivity contribution >= 4 is 5.97 Å². The number of benzene rings is 1. The van der Waals surface area contributed by atoms with Crippen molar-refractivity contribution in [2.24, 2.45) is 5.92 Å². The predicted octanol–water partition coefficient (Wildman–Crippen LogP) is 2.19. The molecule has 1 aromatic carbocycles. The SMILES string of the molecule is CC(C)C(O)(C(=O)O)C1CCc2ccccc21. The Morgan fingerprint density at radius 3 is 2.65 bits per heavy atom. The van der Waals surface area contributed by atoms with Crippen LogP contribution < -0.4 is 0 Å². The summed E-state index contributed by atoms with van der Waals surface area (Å²) in [6, 6.07) is 7.80. The summed E-state index contributed by atoms with van der Waals surface area (Å²) in [5, 5.41) is 19.9. The van der Waals surface area contributed by atoms with Crippen LogP contribution in [0.5, 0.6) is 0 Å². The fraction of sp³-hybridized carbons (Fsp3) is 0.500. The number of rotatable bonds is 3. The summed E-state index contributed by atoms with van der Waals surface area (Å²) in [7, 11) is 0. The third-order valence-corrected chi connectivity index (χ3v) is 3.89. The van der Waals surface area contributed by atoms with Crippen LogP contribution in [0.3, 0.4) is 0 Å². The summed E-state index contributed by atoms with van der Waals surface area (Å²) in [6.07, 6.45) is 1.56. The molecule has 0 bridgehead atoms. The molecule has 0 amide bonds. The van der Waals surface area contributed by atoms with E-state index in [2.05, 4.69) is 0 Å². The standard InChI is InChI=1S/C14H18O3/c1-9(2)14(17,13(15)16)12-8-7-10-5-3-4-6-11(10)12/h3-6,9,12,17H,7-8H2,1-2H3,(H,15,16). The van der Waals surface area contributed by atoms with Gasteiger partial charge in [-0.2, -0.15) is 0 Å². The van der Waals surface area contributed by atoms with Gasteiger partial charge in [0.15, 0.2) is 5.60 Å². The van der Waals surface area contributed by atoms with Crippen LogP contribution in [-0.2, 0) is 11.2 Å². The Labute approximate surface area is 101 Å². The minimum absolute atomic E-state index is 0.295. The van der Waals surface area contributed by atoms with Crippen LogP contribution in [0.25, 0.3) is 0 Å². The molecule has 0 heterocycles. The number of aliphatic carboxylic acids is 1. The maximum Gasteiger partial charge on any atom is 0.336 e. The fourth-order valence-electron chi connectivity index (χ4n) is 2.81. The van der Waals surface area contributed by atoms with Gasteiger partial charge < -0.3 is 10.2 Å². The lowest BCUT2D eigenvalue weighted by molar-refractivity contribution is -0.167. The van der Waals surface area contributed by atoms with Gasteiger partial charge in [-0.3, -0.25) is 0 Å². The second kappa shape index (κ2) is 4.15. The van der Waals surface area contributed by atoms with Crippen LogP contribution in [0, 0.1) is 5.92 Å². The van der Waals surface area contributed by atoms with Gasteiger partial charge in [-0.05, 0) is 29.9 Å². The Bertz CT molecular complexity index is 439. The topological polar surface area (TPSA) is 57.5 Å². The molecule has 0 saturated carbocycles. The van der Waals surface area contributed by atoms with Gasteiger partial charge in [0.05, 0.1) is 0 Å². The molecule has 0 saturated heterocycles. The molecular formula is C14H18O3. The summed E-state index contributed by atoms with van der Waals surface area (Å²) in [5.74, 6) is -1.72. The minimum atomic E-state index is -1.66. The lowest BCUT2D eigenvalue weighted by Gasteiger charge is -2.34. The molecule has 0 aliphatic heterocycles. The van der Waals surface area contributed by atoms with Crippen molar-refractivity contribution in [2.75, 3.05) is 0 Å². The van der Waals surface area contributed by atoms with E-state index in [9.17, 15) is 15.0 Å². The van der Waals surface area contributed by atoms with Crippen LogP contribution in [0.1, 0.15) is 37.3 Å². The third-order valence-electron chi connectivity index (χ3n) is 3.89. The number of fused-ring (bicyclic) bond motifs is 1. The van der Waals surface area contributed by atoms with E-state index in [1.54, 1.807) is 13.8 Å². The van der Waals surface area contributed by atoms with Crippen molar-refractivity contribution in [3.63, 3.8) is 0 Å². The Morgan fingerprint density at radius 1 is 1.41 bits per heavy atom. The summed E-state index contributed by atoms with van der Waals surface area (Å²) >= 11 is 0. The van der Waals surface area contributed by atoms with Crippen LogP contribution >= 0.6 is 0 Å². The molecule has 1 aliphatic rings. The molecule has 2 unspecified atom stereocenters. The average Bonchev–Trinajstić information content (AvgIpc) is 2.71. The molecule has 3 nitrogen and oxygen atoms in total. The zero-order chi connectivity index (χ0) is 12.6. The fourth-order valence-corrected chi connectivity index (χ4v) is 2.81. The van der Waals surface area contributed by atoms with Crippen LogP contribution in [0.15, 0.2) is 24.3 Å². The Kier molecular flexibility index (Phi) is 2.96. The third kappa shape index (κ3) is 1.75.